The van der Waals surface area contributed by atoms with Crippen molar-refractivity contribution in [3.05, 3.63) is 65.1 Å². The van der Waals surface area contributed by atoms with Gasteiger partial charge in [-0.1, -0.05) is 18.2 Å². The molecule has 1 unspecified atom stereocenters. The third-order valence-corrected chi connectivity index (χ3v) is 5.07. The second kappa shape index (κ2) is 4.95. The SMILES string of the molecule is Cc1cc(C2CC2)c(C(O)c2nc3ccccc3[nH]2)c2cc[nH]c12. The minimum absolute atomic E-state index is 0.567. The predicted molar refractivity (Wildman–Crippen MR) is 95.2 cm³/mol. The van der Waals surface area contributed by atoms with Crippen LogP contribution in [0.3, 0.4) is 0 Å². The highest BCUT2D eigenvalue weighted by molar-refractivity contribution is 5.88. The van der Waals surface area contributed by atoms with E-state index < -0.39 is 6.10 Å². The maximum Gasteiger partial charge on any atom is 0.140 e. The van der Waals surface area contributed by atoms with Crippen LogP contribution in [0.2, 0.25) is 0 Å². The van der Waals surface area contributed by atoms with Gasteiger partial charge in [0.05, 0.1) is 11.0 Å². The number of hydrogen-bond acceptors (Lipinski definition) is 2. The lowest BCUT2D eigenvalue weighted by Gasteiger charge is -2.17. The molecule has 0 amide bonds. The Labute approximate surface area is 139 Å². The Bertz CT molecular complexity index is 1020. The van der Waals surface area contributed by atoms with Crippen LogP contribution in [0.15, 0.2) is 42.6 Å². The summed E-state index contributed by atoms with van der Waals surface area (Å²) in [7, 11) is 0. The van der Waals surface area contributed by atoms with Crippen molar-refractivity contribution in [1.29, 1.82) is 0 Å². The van der Waals surface area contributed by atoms with E-state index in [1.54, 1.807) is 0 Å². The Morgan fingerprint density at radius 1 is 1.21 bits per heavy atom. The Kier molecular flexibility index (Phi) is 2.85. The summed E-state index contributed by atoms with van der Waals surface area (Å²) in [6.45, 7) is 2.13. The first-order chi connectivity index (χ1) is 11.7. The molecule has 1 aliphatic rings. The molecule has 0 radical (unpaired) electrons. The number of para-hydroxylation sites is 2. The van der Waals surface area contributed by atoms with Crippen LogP contribution in [-0.2, 0) is 0 Å². The minimum atomic E-state index is -0.744. The van der Waals surface area contributed by atoms with Crippen LogP contribution < -0.4 is 0 Å². The van der Waals surface area contributed by atoms with Crippen LogP contribution in [-0.4, -0.2) is 20.1 Å². The van der Waals surface area contributed by atoms with Gasteiger partial charge >= 0.3 is 0 Å². The maximum atomic E-state index is 11.2. The minimum Gasteiger partial charge on any atom is -0.380 e. The molecule has 0 saturated heterocycles. The summed E-state index contributed by atoms with van der Waals surface area (Å²) >= 11 is 0. The third kappa shape index (κ3) is 2.00. The van der Waals surface area contributed by atoms with Gasteiger partial charge in [0.25, 0.3) is 0 Å². The lowest BCUT2D eigenvalue weighted by atomic mass is 9.92. The highest BCUT2D eigenvalue weighted by Gasteiger charge is 2.31. The molecule has 2 heterocycles. The van der Waals surface area contributed by atoms with Gasteiger partial charge in [-0.25, -0.2) is 4.98 Å². The number of nitrogens with zero attached hydrogens (tertiary/aromatic N) is 1. The van der Waals surface area contributed by atoms with Gasteiger partial charge in [0.2, 0.25) is 0 Å². The molecule has 5 rings (SSSR count). The normalized spacial score (nSPS) is 16.1. The molecule has 24 heavy (non-hydrogen) atoms. The van der Waals surface area contributed by atoms with E-state index in [4.69, 9.17) is 0 Å². The van der Waals surface area contributed by atoms with E-state index in [0.29, 0.717) is 11.7 Å². The zero-order chi connectivity index (χ0) is 16.3. The standard InChI is InChI=1S/C20H19N3O/c1-11-10-14(12-6-7-12)17(13-8-9-21-18(11)13)19(24)20-22-15-4-2-3-5-16(15)23-20/h2-5,8-10,12,19,21,24H,6-7H2,1H3,(H,22,23). The molecular weight excluding hydrogens is 298 g/mol. The highest BCUT2D eigenvalue weighted by Crippen LogP contribution is 2.46. The van der Waals surface area contributed by atoms with Crippen molar-refractivity contribution in [1.82, 2.24) is 15.0 Å². The largest absolute Gasteiger partial charge is 0.380 e. The Morgan fingerprint density at radius 3 is 2.83 bits per heavy atom. The van der Waals surface area contributed by atoms with E-state index in [9.17, 15) is 5.11 Å². The van der Waals surface area contributed by atoms with Crippen molar-refractivity contribution in [2.75, 3.05) is 0 Å². The fourth-order valence-corrected chi connectivity index (χ4v) is 3.73. The molecule has 4 heteroatoms. The Morgan fingerprint density at radius 2 is 2.04 bits per heavy atom. The van der Waals surface area contributed by atoms with Crippen LogP contribution in [0, 0.1) is 6.92 Å². The third-order valence-electron chi connectivity index (χ3n) is 5.07. The quantitative estimate of drug-likeness (QED) is 0.527. The molecule has 2 aromatic heterocycles. The number of nitrogens with one attached hydrogen (secondary N) is 2. The van der Waals surface area contributed by atoms with Crippen molar-refractivity contribution >= 4 is 21.9 Å². The second-order valence-corrected chi connectivity index (χ2v) is 6.78. The van der Waals surface area contributed by atoms with Crippen molar-refractivity contribution < 1.29 is 5.11 Å². The van der Waals surface area contributed by atoms with E-state index in [-0.39, 0.29) is 0 Å². The lowest BCUT2D eigenvalue weighted by Crippen LogP contribution is -2.06. The van der Waals surface area contributed by atoms with E-state index in [1.807, 2.05) is 30.5 Å². The average Bonchev–Trinajstić information content (AvgIpc) is 3.15. The summed E-state index contributed by atoms with van der Waals surface area (Å²) in [5, 5.41) is 12.3. The fraction of sp³-hybridized carbons (Fsp3) is 0.250. The number of benzene rings is 2. The number of aromatic nitrogens is 3. The van der Waals surface area contributed by atoms with Gasteiger partial charge in [0, 0.05) is 22.7 Å². The number of aryl methyl sites for hydroxylation is 1. The van der Waals surface area contributed by atoms with Gasteiger partial charge < -0.3 is 15.1 Å². The van der Waals surface area contributed by atoms with Gasteiger partial charge in [0.15, 0.2) is 0 Å². The molecule has 120 valence electrons. The predicted octanol–water partition coefficient (Wildman–Crippen LogP) is 4.31. The first-order valence-electron chi connectivity index (χ1n) is 8.45. The number of aliphatic hydroxyl groups is 1. The van der Waals surface area contributed by atoms with E-state index >= 15 is 0 Å². The first kappa shape index (κ1) is 13.8. The molecule has 1 aliphatic carbocycles. The van der Waals surface area contributed by atoms with Gasteiger partial charge in [-0.15, -0.1) is 0 Å². The average molecular weight is 317 g/mol. The molecule has 1 fully saturated rings. The van der Waals surface area contributed by atoms with E-state index in [1.165, 1.54) is 24.0 Å². The molecule has 2 aromatic carbocycles. The summed E-state index contributed by atoms with van der Waals surface area (Å²) in [5.41, 5.74) is 6.45. The monoisotopic (exact) mass is 317 g/mol. The number of hydrogen-bond donors (Lipinski definition) is 3. The number of H-pyrrole nitrogens is 2. The lowest BCUT2D eigenvalue weighted by molar-refractivity contribution is 0.212. The molecule has 0 bridgehead atoms. The van der Waals surface area contributed by atoms with Gasteiger partial charge in [-0.3, -0.25) is 0 Å². The Balaban J connectivity index is 1.73. The zero-order valence-electron chi connectivity index (χ0n) is 13.5. The molecule has 4 nitrogen and oxygen atoms in total. The fourth-order valence-electron chi connectivity index (χ4n) is 3.73. The van der Waals surface area contributed by atoms with Crippen molar-refractivity contribution in [2.45, 2.75) is 31.8 Å². The van der Waals surface area contributed by atoms with Crippen LogP contribution in [0.4, 0.5) is 0 Å². The van der Waals surface area contributed by atoms with Crippen LogP contribution in [0.5, 0.6) is 0 Å². The summed E-state index contributed by atoms with van der Waals surface area (Å²) in [5.74, 6) is 1.18. The first-order valence-corrected chi connectivity index (χ1v) is 8.45. The van der Waals surface area contributed by atoms with Crippen LogP contribution in [0.25, 0.3) is 21.9 Å². The van der Waals surface area contributed by atoms with Crippen molar-refractivity contribution in [3.8, 4) is 0 Å². The Hall–Kier alpha value is -2.59. The summed E-state index contributed by atoms with van der Waals surface area (Å²) < 4.78 is 0. The van der Waals surface area contributed by atoms with Gasteiger partial charge in [-0.2, -0.15) is 0 Å². The number of aromatic amines is 2. The van der Waals surface area contributed by atoms with Crippen LogP contribution in [0.1, 0.15) is 47.4 Å². The number of aliphatic hydroxyl groups excluding tert-OH is 1. The molecule has 1 atom stereocenters. The molecule has 0 spiro atoms. The molecule has 4 aromatic rings. The van der Waals surface area contributed by atoms with E-state index in [2.05, 4.69) is 34.0 Å². The summed E-state index contributed by atoms with van der Waals surface area (Å²) in [6, 6.07) is 12.2. The number of rotatable bonds is 3. The van der Waals surface area contributed by atoms with E-state index in [0.717, 1.165) is 27.5 Å². The van der Waals surface area contributed by atoms with Crippen molar-refractivity contribution in [3.63, 3.8) is 0 Å². The number of fused-ring (bicyclic) bond motifs is 2. The highest BCUT2D eigenvalue weighted by atomic mass is 16.3. The summed E-state index contributed by atoms with van der Waals surface area (Å²) in [4.78, 5) is 11.2. The molecule has 0 aliphatic heterocycles. The smallest absolute Gasteiger partial charge is 0.140 e. The molecule has 1 saturated carbocycles. The molecular formula is C20H19N3O. The zero-order valence-corrected chi connectivity index (χ0v) is 13.5. The summed E-state index contributed by atoms with van der Waals surface area (Å²) in [6.07, 6.45) is 3.61. The molecule has 3 N–H and O–H groups in total. The topological polar surface area (TPSA) is 64.7 Å². The number of imidazole rings is 1. The second-order valence-electron chi connectivity index (χ2n) is 6.78. The van der Waals surface area contributed by atoms with Gasteiger partial charge in [0.1, 0.15) is 11.9 Å². The van der Waals surface area contributed by atoms with Gasteiger partial charge in [-0.05, 0) is 55.0 Å². The van der Waals surface area contributed by atoms with Crippen LogP contribution >= 0.6 is 0 Å². The van der Waals surface area contributed by atoms with Crippen molar-refractivity contribution in [2.24, 2.45) is 0 Å². The maximum absolute atomic E-state index is 11.2.